The van der Waals surface area contributed by atoms with Crippen molar-refractivity contribution in [3.05, 3.63) is 67.5 Å². The number of aromatic hydroxyl groups is 1. The van der Waals surface area contributed by atoms with E-state index in [0.29, 0.717) is 20.3 Å². The second kappa shape index (κ2) is 8.86. The fourth-order valence-corrected chi connectivity index (χ4v) is 4.17. The molecule has 3 aromatic carbocycles. The Labute approximate surface area is 180 Å². The van der Waals surface area contributed by atoms with Crippen LogP contribution in [-0.2, 0) is 4.79 Å². The van der Waals surface area contributed by atoms with Gasteiger partial charge in [0.05, 0.1) is 19.6 Å². The number of phenols is 1. The van der Waals surface area contributed by atoms with Crippen LogP contribution >= 0.6 is 47.8 Å². The first-order valence-corrected chi connectivity index (χ1v) is 10.1. The topological polar surface area (TPSA) is 70.9 Å². The summed E-state index contributed by atoms with van der Waals surface area (Å²) in [6.07, 6.45) is 1.47. The number of hydrogen-bond acceptors (Lipinski definition) is 4. The number of fused-ring (bicyclic) bond motifs is 1. The molecule has 0 aromatic heterocycles. The second-order valence-corrected chi connectivity index (χ2v) is 8.02. The van der Waals surface area contributed by atoms with Gasteiger partial charge in [0, 0.05) is 0 Å². The third-order valence-corrected chi connectivity index (χ3v) is 5.66. The molecule has 0 heterocycles. The molecule has 0 spiro atoms. The van der Waals surface area contributed by atoms with Crippen molar-refractivity contribution < 1.29 is 14.6 Å². The van der Waals surface area contributed by atoms with Crippen molar-refractivity contribution in [2.75, 3.05) is 6.61 Å². The van der Waals surface area contributed by atoms with Gasteiger partial charge in [0.1, 0.15) is 11.5 Å². The zero-order valence-electron chi connectivity index (χ0n) is 13.7. The number of phenolic OH excluding ortho intramolecular Hbond substituents is 1. The highest BCUT2D eigenvalue weighted by Gasteiger charge is 2.08. The van der Waals surface area contributed by atoms with Gasteiger partial charge in [0.25, 0.3) is 5.91 Å². The highest BCUT2D eigenvalue weighted by atomic mass is 79.9. The maximum Gasteiger partial charge on any atom is 0.277 e. The van der Waals surface area contributed by atoms with Gasteiger partial charge in [0.2, 0.25) is 0 Å². The van der Waals surface area contributed by atoms with E-state index in [4.69, 9.17) is 4.74 Å². The lowest BCUT2D eigenvalue weighted by Crippen LogP contribution is -2.24. The number of benzene rings is 3. The van der Waals surface area contributed by atoms with Crippen LogP contribution in [0.15, 0.2) is 67.1 Å². The quantitative estimate of drug-likeness (QED) is 0.328. The molecule has 0 unspecified atom stereocenters. The smallest absolute Gasteiger partial charge is 0.277 e. The van der Waals surface area contributed by atoms with E-state index in [-0.39, 0.29) is 18.3 Å². The molecule has 0 bridgehead atoms. The Hall–Kier alpha value is -1.90. The van der Waals surface area contributed by atoms with Gasteiger partial charge in [-0.15, -0.1) is 0 Å². The number of ether oxygens (including phenoxy) is 1. The van der Waals surface area contributed by atoms with Crippen molar-refractivity contribution in [1.29, 1.82) is 0 Å². The zero-order chi connectivity index (χ0) is 19.4. The molecule has 2 N–H and O–H groups in total. The summed E-state index contributed by atoms with van der Waals surface area (Å²) in [5.41, 5.74) is 3.11. The Bertz CT molecular complexity index is 1010. The molecular weight excluding hydrogens is 544 g/mol. The predicted molar refractivity (Wildman–Crippen MR) is 116 cm³/mol. The van der Waals surface area contributed by atoms with Crippen molar-refractivity contribution in [2.45, 2.75) is 0 Å². The Kier molecular flexibility index (Phi) is 6.51. The van der Waals surface area contributed by atoms with Crippen LogP contribution in [0.3, 0.4) is 0 Å². The molecule has 0 fully saturated rings. The van der Waals surface area contributed by atoms with Crippen LogP contribution in [0.5, 0.6) is 11.5 Å². The number of rotatable bonds is 5. The molecule has 0 saturated carbocycles. The van der Waals surface area contributed by atoms with E-state index in [0.717, 1.165) is 15.2 Å². The second-order valence-electron chi connectivity index (χ2n) is 5.51. The van der Waals surface area contributed by atoms with Gasteiger partial charge in [-0.1, -0.05) is 30.3 Å². The number of nitrogens with zero attached hydrogens (tertiary/aromatic N) is 1. The van der Waals surface area contributed by atoms with E-state index in [9.17, 15) is 9.90 Å². The highest BCUT2D eigenvalue weighted by Crippen LogP contribution is 2.33. The Morgan fingerprint density at radius 2 is 1.81 bits per heavy atom. The molecule has 0 aliphatic rings. The summed E-state index contributed by atoms with van der Waals surface area (Å²) in [7, 11) is 0. The summed E-state index contributed by atoms with van der Waals surface area (Å²) < 4.78 is 7.43. The number of carbonyl (C=O) groups excluding carboxylic acids is 1. The van der Waals surface area contributed by atoms with Crippen LogP contribution in [0.2, 0.25) is 0 Å². The molecule has 3 rings (SSSR count). The molecule has 8 heteroatoms. The van der Waals surface area contributed by atoms with Crippen LogP contribution in [0.1, 0.15) is 5.56 Å². The number of nitrogens with one attached hydrogen (secondary N) is 1. The monoisotopic (exact) mass is 554 g/mol. The average Bonchev–Trinajstić information content (AvgIpc) is 2.66. The maximum atomic E-state index is 11.9. The first kappa shape index (κ1) is 19.9. The predicted octanol–water partition coefficient (Wildman–Crippen LogP) is 5.36. The van der Waals surface area contributed by atoms with Crippen molar-refractivity contribution in [2.24, 2.45) is 5.10 Å². The molecule has 138 valence electrons. The number of hydrogen-bond donors (Lipinski definition) is 2. The summed E-state index contributed by atoms with van der Waals surface area (Å²) in [6.45, 7) is -0.169. The molecule has 3 aromatic rings. The Morgan fingerprint density at radius 3 is 2.56 bits per heavy atom. The van der Waals surface area contributed by atoms with E-state index in [1.54, 1.807) is 12.1 Å². The van der Waals surface area contributed by atoms with Gasteiger partial charge >= 0.3 is 0 Å². The lowest BCUT2D eigenvalue weighted by atomic mass is 10.1. The van der Waals surface area contributed by atoms with Gasteiger partial charge in [-0.2, -0.15) is 5.10 Å². The summed E-state index contributed by atoms with van der Waals surface area (Å²) in [5.74, 6) is 0.299. The molecule has 0 aliphatic carbocycles. The molecular formula is C19H13Br3N2O3. The minimum absolute atomic E-state index is 0.102. The summed E-state index contributed by atoms with van der Waals surface area (Å²) in [6, 6.07) is 15.0. The van der Waals surface area contributed by atoms with E-state index in [1.165, 1.54) is 6.21 Å². The minimum atomic E-state index is -0.386. The van der Waals surface area contributed by atoms with Crippen molar-refractivity contribution in [1.82, 2.24) is 5.43 Å². The molecule has 0 saturated heterocycles. The fourth-order valence-electron chi connectivity index (χ4n) is 2.34. The van der Waals surface area contributed by atoms with Crippen LogP contribution in [-0.4, -0.2) is 23.8 Å². The zero-order valence-corrected chi connectivity index (χ0v) is 18.5. The molecule has 0 radical (unpaired) electrons. The van der Waals surface area contributed by atoms with Gasteiger partial charge in [-0.3, -0.25) is 4.79 Å². The van der Waals surface area contributed by atoms with Gasteiger partial charge in [-0.05, 0) is 82.3 Å². The summed E-state index contributed by atoms with van der Waals surface area (Å²) >= 11 is 10.00. The van der Waals surface area contributed by atoms with E-state index >= 15 is 0 Å². The number of hydrazone groups is 1. The lowest BCUT2D eigenvalue weighted by Gasteiger charge is -2.09. The first-order chi connectivity index (χ1) is 13.0. The number of amides is 1. The van der Waals surface area contributed by atoms with Crippen molar-refractivity contribution in [3.63, 3.8) is 0 Å². The Balaban J connectivity index is 1.59. The molecule has 5 nitrogen and oxygen atoms in total. The maximum absolute atomic E-state index is 11.9. The van der Waals surface area contributed by atoms with Crippen LogP contribution in [0.4, 0.5) is 0 Å². The third-order valence-electron chi connectivity index (χ3n) is 3.63. The van der Waals surface area contributed by atoms with Crippen LogP contribution in [0, 0.1) is 0 Å². The Morgan fingerprint density at radius 1 is 1.11 bits per heavy atom. The SMILES string of the molecule is O=C(COc1ccc2ccccc2c1Br)N/N=C/c1cc(Br)c(O)c(Br)c1. The largest absolute Gasteiger partial charge is 0.506 e. The summed E-state index contributed by atoms with van der Waals surface area (Å²) in [4.78, 5) is 11.9. The van der Waals surface area contributed by atoms with E-state index < -0.39 is 0 Å². The van der Waals surface area contributed by atoms with Gasteiger partial charge in [-0.25, -0.2) is 5.43 Å². The van der Waals surface area contributed by atoms with E-state index in [1.807, 2.05) is 36.4 Å². The van der Waals surface area contributed by atoms with Crippen molar-refractivity contribution in [3.8, 4) is 11.5 Å². The summed E-state index contributed by atoms with van der Waals surface area (Å²) in [5, 5.41) is 15.7. The first-order valence-electron chi connectivity index (χ1n) is 7.75. The van der Waals surface area contributed by atoms with E-state index in [2.05, 4.69) is 58.3 Å². The molecule has 1 amide bonds. The molecule has 0 aliphatic heterocycles. The lowest BCUT2D eigenvalue weighted by molar-refractivity contribution is -0.123. The van der Waals surface area contributed by atoms with Crippen LogP contribution < -0.4 is 10.2 Å². The third kappa shape index (κ3) is 4.88. The van der Waals surface area contributed by atoms with Crippen molar-refractivity contribution >= 4 is 70.7 Å². The normalized spacial score (nSPS) is 11.1. The average molecular weight is 557 g/mol. The van der Waals surface area contributed by atoms with Gasteiger partial charge in [0.15, 0.2) is 6.61 Å². The minimum Gasteiger partial charge on any atom is -0.506 e. The fraction of sp³-hybridized carbons (Fsp3) is 0.0526. The molecule has 27 heavy (non-hydrogen) atoms. The highest BCUT2D eigenvalue weighted by molar-refractivity contribution is 9.11. The standard InChI is InChI=1S/C19H13Br3N2O3/c20-14-7-11(8-15(21)19(14)26)9-23-24-17(25)10-27-16-6-5-12-3-1-2-4-13(12)18(16)22/h1-9,26H,10H2,(H,24,25)/b23-9+. The number of carbonyl (C=O) groups is 1. The number of halogens is 3. The van der Waals surface area contributed by atoms with Gasteiger partial charge < -0.3 is 9.84 Å². The van der Waals surface area contributed by atoms with Crippen LogP contribution in [0.25, 0.3) is 10.8 Å². The molecule has 0 atom stereocenters.